The zero-order chi connectivity index (χ0) is 12.3. The van der Waals surface area contributed by atoms with Gasteiger partial charge in [-0.2, -0.15) is 8.42 Å². The zero-order valence-electron chi connectivity index (χ0n) is 10.4. The molecular formula is C11H22N2O3S. The monoisotopic (exact) mass is 262 g/mol. The van der Waals surface area contributed by atoms with Gasteiger partial charge in [-0.1, -0.05) is 0 Å². The van der Waals surface area contributed by atoms with Crippen LogP contribution in [-0.4, -0.2) is 57.9 Å². The molecule has 1 aliphatic carbocycles. The normalized spacial score (nSPS) is 32.5. The Morgan fingerprint density at radius 1 is 1.12 bits per heavy atom. The van der Waals surface area contributed by atoms with Crippen molar-refractivity contribution >= 4 is 10.1 Å². The molecule has 0 radical (unpaired) electrons. The number of hydrogen-bond acceptors (Lipinski definition) is 5. The van der Waals surface area contributed by atoms with E-state index >= 15 is 0 Å². The molecule has 0 unspecified atom stereocenters. The largest absolute Gasteiger partial charge is 0.314 e. The Morgan fingerprint density at radius 2 is 1.71 bits per heavy atom. The second-order valence-electron chi connectivity index (χ2n) is 5.02. The molecule has 5 nitrogen and oxygen atoms in total. The van der Waals surface area contributed by atoms with Crippen molar-refractivity contribution in [3.63, 3.8) is 0 Å². The molecule has 1 N–H and O–H groups in total. The van der Waals surface area contributed by atoms with E-state index in [9.17, 15) is 8.42 Å². The van der Waals surface area contributed by atoms with Gasteiger partial charge in [0.2, 0.25) is 0 Å². The Hall–Kier alpha value is -0.170. The third-order valence-corrected chi connectivity index (χ3v) is 4.24. The van der Waals surface area contributed by atoms with Gasteiger partial charge in [-0.3, -0.25) is 9.08 Å². The minimum Gasteiger partial charge on any atom is -0.314 e. The first-order chi connectivity index (χ1) is 8.04. The topological polar surface area (TPSA) is 58.6 Å². The van der Waals surface area contributed by atoms with Crippen molar-refractivity contribution < 1.29 is 12.6 Å². The van der Waals surface area contributed by atoms with Gasteiger partial charge >= 0.3 is 0 Å². The van der Waals surface area contributed by atoms with Gasteiger partial charge in [-0.05, 0) is 25.7 Å². The molecule has 6 heteroatoms. The Morgan fingerprint density at radius 3 is 2.24 bits per heavy atom. The summed E-state index contributed by atoms with van der Waals surface area (Å²) in [5.41, 5.74) is 0. The standard InChI is InChI=1S/C11H22N2O3S/c1-17(14,15)16-11-4-2-10(3-5-11)13-8-6-12-7-9-13/h10-12H,2-9H2,1H3. The van der Waals surface area contributed by atoms with Crippen molar-refractivity contribution in [2.24, 2.45) is 0 Å². The summed E-state index contributed by atoms with van der Waals surface area (Å²) in [5, 5.41) is 3.35. The van der Waals surface area contributed by atoms with Crippen LogP contribution in [0.4, 0.5) is 0 Å². The third kappa shape index (κ3) is 4.21. The molecule has 2 rings (SSSR count). The summed E-state index contributed by atoms with van der Waals surface area (Å²) in [7, 11) is -3.29. The van der Waals surface area contributed by atoms with Crippen molar-refractivity contribution in [1.29, 1.82) is 0 Å². The van der Waals surface area contributed by atoms with E-state index in [0.717, 1.165) is 58.1 Å². The quantitative estimate of drug-likeness (QED) is 0.735. The van der Waals surface area contributed by atoms with Crippen molar-refractivity contribution in [2.75, 3.05) is 32.4 Å². The summed E-state index contributed by atoms with van der Waals surface area (Å²) in [5.74, 6) is 0. The highest BCUT2D eigenvalue weighted by atomic mass is 32.2. The summed E-state index contributed by atoms with van der Waals surface area (Å²) >= 11 is 0. The van der Waals surface area contributed by atoms with Gasteiger partial charge < -0.3 is 5.32 Å². The molecule has 0 aromatic carbocycles. The average Bonchev–Trinajstić information content (AvgIpc) is 2.29. The molecule has 0 spiro atoms. The SMILES string of the molecule is CS(=O)(=O)OC1CCC(N2CCNCC2)CC1. The predicted octanol–water partition coefficient (Wildman–Crippen LogP) is 0.179. The third-order valence-electron chi connectivity index (χ3n) is 3.62. The van der Waals surface area contributed by atoms with Gasteiger partial charge in [0.05, 0.1) is 12.4 Å². The fraction of sp³-hybridized carbons (Fsp3) is 1.00. The molecule has 1 aliphatic heterocycles. The van der Waals surface area contributed by atoms with E-state index in [0.29, 0.717) is 6.04 Å². The highest BCUT2D eigenvalue weighted by molar-refractivity contribution is 7.86. The molecule has 0 aromatic heterocycles. The van der Waals surface area contributed by atoms with Crippen LogP contribution in [0.15, 0.2) is 0 Å². The molecule has 17 heavy (non-hydrogen) atoms. The minimum atomic E-state index is -3.29. The van der Waals surface area contributed by atoms with E-state index in [1.807, 2.05) is 0 Å². The van der Waals surface area contributed by atoms with Gasteiger partial charge in [-0.25, -0.2) is 0 Å². The Labute approximate surface area is 104 Å². The summed E-state index contributed by atoms with van der Waals surface area (Å²) < 4.78 is 27.1. The van der Waals surface area contributed by atoms with Crippen LogP contribution in [0.25, 0.3) is 0 Å². The molecule has 0 aromatic rings. The first-order valence-electron chi connectivity index (χ1n) is 6.37. The molecular weight excluding hydrogens is 240 g/mol. The van der Waals surface area contributed by atoms with E-state index in [2.05, 4.69) is 10.2 Å². The van der Waals surface area contributed by atoms with Crippen LogP contribution >= 0.6 is 0 Å². The lowest BCUT2D eigenvalue weighted by Crippen LogP contribution is -2.49. The second-order valence-corrected chi connectivity index (χ2v) is 6.62. The molecule has 1 heterocycles. The highest BCUT2D eigenvalue weighted by Crippen LogP contribution is 2.26. The van der Waals surface area contributed by atoms with Gasteiger partial charge in [0.1, 0.15) is 0 Å². The van der Waals surface area contributed by atoms with Gasteiger partial charge in [0, 0.05) is 32.2 Å². The maximum absolute atomic E-state index is 11.0. The van der Waals surface area contributed by atoms with E-state index in [-0.39, 0.29) is 6.10 Å². The molecule has 0 atom stereocenters. The van der Waals surface area contributed by atoms with E-state index in [4.69, 9.17) is 4.18 Å². The fourth-order valence-electron chi connectivity index (χ4n) is 2.80. The number of nitrogens with zero attached hydrogens (tertiary/aromatic N) is 1. The van der Waals surface area contributed by atoms with Gasteiger partial charge in [0.15, 0.2) is 0 Å². The summed E-state index contributed by atoms with van der Waals surface area (Å²) in [6.07, 6.45) is 4.88. The lowest BCUT2D eigenvalue weighted by Gasteiger charge is -2.38. The fourth-order valence-corrected chi connectivity index (χ4v) is 3.49. The first kappa shape index (κ1) is 13.3. The van der Waals surface area contributed by atoms with Crippen LogP contribution in [0.5, 0.6) is 0 Å². The highest BCUT2D eigenvalue weighted by Gasteiger charge is 2.28. The van der Waals surface area contributed by atoms with Crippen LogP contribution in [0, 0.1) is 0 Å². The minimum absolute atomic E-state index is 0.0934. The van der Waals surface area contributed by atoms with Gasteiger partial charge in [-0.15, -0.1) is 0 Å². The van der Waals surface area contributed by atoms with E-state index in [1.165, 1.54) is 0 Å². The first-order valence-corrected chi connectivity index (χ1v) is 8.19. The number of hydrogen-bond donors (Lipinski definition) is 1. The smallest absolute Gasteiger partial charge is 0.264 e. The maximum atomic E-state index is 11.0. The van der Waals surface area contributed by atoms with Crippen molar-refractivity contribution in [3.05, 3.63) is 0 Å². The van der Waals surface area contributed by atoms with Crippen molar-refractivity contribution in [2.45, 2.75) is 37.8 Å². The zero-order valence-corrected chi connectivity index (χ0v) is 11.2. The average molecular weight is 262 g/mol. The lowest BCUT2D eigenvalue weighted by molar-refractivity contribution is 0.0847. The van der Waals surface area contributed by atoms with Crippen LogP contribution in [-0.2, 0) is 14.3 Å². The van der Waals surface area contributed by atoms with Crippen LogP contribution in [0.2, 0.25) is 0 Å². The van der Waals surface area contributed by atoms with Crippen LogP contribution < -0.4 is 5.32 Å². The van der Waals surface area contributed by atoms with Crippen LogP contribution in [0.1, 0.15) is 25.7 Å². The molecule has 0 amide bonds. The molecule has 0 bridgehead atoms. The number of nitrogens with one attached hydrogen (secondary N) is 1. The summed E-state index contributed by atoms with van der Waals surface area (Å²) in [4.78, 5) is 2.52. The Kier molecular flexibility index (Phi) is 4.41. The molecule has 1 saturated heterocycles. The van der Waals surface area contributed by atoms with E-state index < -0.39 is 10.1 Å². The van der Waals surface area contributed by atoms with Crippen molar-refractivity contribution in [3.8, 4) is 0 Å². The molecule has 1 saturated carbocycles. The number of rotatable bonds is 3. The van der Waals surface area contributed by atoms with Crippen molar-refractivity contribution in [1.82, 2.24) is 10.2 Å². The second kappa shape index (κ2) is 5.65. The van der Waals surface area contributed by atoms with Crippen LogP contribution in [0.3, 0.4) is 0 Å². The molecule has 2 fully saturated rings. The summed E-state index contributed by atoms with van der Waals surface area (Å²) in [6.45, 7) is 4.37. The lowest BCUT2D eigenvalue weighted by atomic mass is 9.92. The van der Waals surface area contributed by atoms with Gasteiger partial charge in [0.25, 0.3) is 10.1 Å². The molecule has 100 valence electrons. The summed E-state index contributed by atoms with van der Waals surface area (Å²) in [6, 6.07) is 0.622. The Balaban J connectivity index is 1.77. The Bertz CT molecular complexity index is 331. The maximum Gasteiger partial charge on any atom is 0.264 e. The number of piperazine rings is 1. The predicted molar refractivity (Wildman–Crippen MR) is 66.4 cm³/mol. The van der Waals surface area contributed by atoms with E-state index in [1.54, 1.807) is 0 Å². The molecule has 2 aliphatic rings.